The summed E-state index contributed by atoms with van der Waals surface area (Å²) in [6.07, 6.45) is 0. The number of H-pyrrole nitrogens is 2. The minimum Gasteiger partial charge on any atom is -0.494 e. The number of aromatic hydroxyl groups is 1. The molecule has 1 aliphatic carbocycles. The predicted octanol–water partition coefficient (Wildman–Crippen LogP) is -3.33. The van der Waals surface area contributed by atoms with Crippen LogP contribution in [-0.4, -0.2) is 44.5 Å². The van der Waals surface area contributed by atoms with E-state index in [1.807, 2.05) is 4.98 Å². The molecule has 0 radical (unpaired) electrons. The topological polar surface area (TPSA) is 195 Å². The number of carbonyl (C=O) groups excluding carboxylic acids is 5. The Labute approximate surface area is 129 Å². The first-order valence-corrected chi connectivity index (χ1v) is 6.27. The number of amides is 4. The molecule has 1 saturated heterocycles. The molecule has 0 aromatic carbocycles. The third-order valence-corrected chi connectivity index (χ3v) is 3.42. The number of urea groups is 1. The molecular weight excluding hydrogens is 328 g/mol. The van der Waals surface area contributed by atoms with E-state index in [1.54, 1.807) is 15.6 Å². The summed E-state index contributed by atoms with van der Waals surface area (Å²) in [7, 11) is 0. The van der Waals surface area contributed by atoms with Gasteiger partial charge in [-0.25, -0.2) is 9.59 Å². The van der Waals surface area contributed by atoms with Crippen molar-refractivity contribution in [3.05, 3.63) is 37.5 Å². The number of Topliss-reactive ketones (excluding diaryl/α,β-unsaturated/α-hetero) is 2. The van der Waals surface area contributed by atoms with E-state index in [2.05, 4.69) is 0 Å². The van der Waals surface area contributed by atoms with Crippen molar-refractivity contribution in [1.29, 1.82) is 0 Å². The quantitative estimate of drug-likeness (QED) is 0.199. The van der Waals surface area contributed by atoms with Crippen LogP contribution in [-0.2, 0) is 19.2 Å². The fourth-order valence-corrected chi connectivity index (χ4v) is 2.40. The minimum absolute atomic E-state index is 0.707. The van der Waals surface area contributed by atoms with E-state index in [9.17, 15) is 38.7 Å². The maximum Gasteiger partial charge on any atom is 0.328 e. The van der Waals surface area contributed by atoms with Gasteiger partial charge in [-0.15, -0.1) is 0 Å². The lowest BCUT2D eigenvalue weighted by molar-refractivity contribution is -0.135. The molecule has 0 spiro atoms. The SMILES string of the molecule is O=C1NC(=O)C(=C2C(=O)C(c3c(O)[nH]c(=O)[nH]c3=O)C2=O)C(=O)N1. The predicted molar refractivity (Wildman–Crippen MR) is 70.8 cm³/mol. The summed E-state index contributed by atoms with van der Waals surface area (Å²) in [6, 6.07) is -1.11. The van der Waals surface area contributed by atoms with Crippen molar-refractivity contribution in [2.24, 2.45) is 0 Å². The van der Waals surface area contributed by atoms with E-state index in [4.69, 9.17) is 0 Å². The van der Waals surface area contributed by atoms with Crippen LogP contribution in [0.1, 0.15) is 11.5 Å². The summed E-state index contributed by atoms with van der Waals surface area (Å²) in [6.45, 7) is 0. The molecule has 12 heteroatoms. The Morgan fingerprint density at radius 3 is 1.79 bits per heavy atom. The Hall–Kier alpha value is -3.83. The van der Waals surface area contributed by atoms with Gasteiger partial charge in [0.15, 0.2) is 11.6 Å². The van der Waals surface area contributed by atoms with Gasteiger partial charge in [-0.3, -0.25) is 44.6 Å². The third-order valence-electron chi connectivity index (χ3n) is 3.42. The van der Waals surface area contributed by atoms with Crippen molar-refractivity contribution in [1.82, 2.24) is 20.6 Å². The number of allylic oxidation sites excluding steroid dienone is 1. The van der Waals surface area contributed by atoms with Crippen molar-refractivity contribution < 1.29 is 29.1 Å². The first-order chi connectivity index (χ1) is 11.2. The standard InChI is InChI=1S/C12H6N4O8/c17-5-1(3-7(19)13-11(23)14-8(3)20)6(18)2(5)4-9(21)15-12(24)16-10(4)22/h1H,(H3,13,14,19,20,23)(H2,15,16,21,22,24). The molecule has 0 unspecified atom stereocenters. The Balaban J connectivity index is 2.09. The molecule has 12 nitrogen and oxygen atoms in total. The molecule has 3 rings (SSSR count). The van der Waals surface area contributed by atoms with Crippen molar-refractivity contribution >= 4 is 29.4 Å². The van der Waals surface area contributed by atoms with Crippen molar-refractivity contribution in [3.63, 3.8) is 0 Å². The fraction of sp³-hybridized carbons (Fsp3) is 0.0833. The number of imide groups is 2. The lowest BCUT2D eigenvalue weighted by Gasteiger charge is -2.28. The normalized spacial score (nSPS) is 20.7. The van der Waals surface area contributed by atoms with Crippen molar-refractivity contribution in [2.45, 2.75) is 5.92 Å². The van der Waals surface area contributed by atoms with Crippen LogP contribution in [0.4, 0.5) is 4.79 Å². The Morgan fingerprint density at radius 1 is 0.750 bits per heavy atom. The van der Waals surface area contributed by atoms with Gasteiger partial charge in [0.1, 0.15) is 11.5 Å². The van der Waals surface area contributed by atoms with Gasteiger partial charge >= 0.3 is 11.7 Å². The highest BCUT2D eigenvalue weighted by Crippen LogP contribution is 2.37. The Morgan fingerprint density at radius 2 is 1.29 bits per heavy atom. The largest absolute Gasteiger partial charge is 0.494 e. The number of rotatable bonds is 1. The zero-order valence-electron chi connectivity index (χ0n) is 11.4. The van der Waals surface area contributed by atoms with Crippen molar-refractivity contribution in [3.8, 4) is 5.88 Å². The smallest absolute Gasteiger partial charge is 0.328 e. The van der Waals surface area contributed by atoms with E-state index in [1.165, 1.54) is 0 Å². The van der Waals surface area contributed by atoms with Crippen LogP contribution in [0.2, 0.25) is 0 Å². The number of hydrogen-bond donors (Lipinski definition) is 5. The number of aromatic amines is 2. The highest BCUT2D eigenvalue weighted by atomic mass is 16.3. The molecule has 1 aromatic rings. The summed E-state index contributed by atoms with van der Waals surface area (Å²) >= 11 is 0. The molecule has 1 saturated carbocycles. The maximum absolute atomic E-state index is 12.2. The summed E-state index contributed by atoms with van der Waals surface area (Å²) in [5.41, 5.74) is -4.58. The second kappa shape index (κ2) is 4.84. The molecule has 2 heterocycles. The molecule has 1 aromatic heterocycles. The number of nitrogens with one attached hydrogen (secondary N) is 4. The number of aromatic nitrogens is 2. The van der Waals surface area contributed by atoms with Gasteiger partial charge in [0.25, 0.3) is 17.4 Å². The zero-order valence-corrected chi connectivity index (χ0v) is 11.4. The summed E-state index contributed by atoms with van der Waals surface area (Å²) in [5, 5.41) is 13.0. The van der Waals surface area contributed by atoms with Crippen LogP contribution in [0.25, 0.3) is 0 Å². The second-order valence-electron chi connectivity index (χ2n) is 4.82. The molecule has 5 N–H and O–H groups in total. The van der Waals surface area contributed by atoms with E-state index in [0.717, 1.165) is 0 Å². The van der Waals surface area contributed by atoms with E-state index < -0.39 is 69.2 Å². The first kappa shape index (κ1) is 15.1. The number of carbonyl (C=O) groups is 5. The molecule has 122 valence electrons. The Kier molecular flexibility index (Phi) is 3.04. The third kappa shape index (κ3) is 1.97. The van der Waals surface area contributed by atoms with Crippen LogP contribution in [0.15, 0.2) is 20.7 Å². The average Bonchev–Trinajstić information content (AvgIpc) is 2.46. The molecule has 24 heavy (non-hydrogen) atoms. The summed E-state index contributed by atoms with van der Waals surface area (Å²) in [4.78, 5) is 84.8. The second-order valence-corrected chi connectivity index (χ2v) is 4.82. The van der Waals surface area contributed by atoms with Crippen LogP contribution in [0, 0.1) is 0 Å². The molecule has 0 atom stereocenters. The lowest BCUT2D eigenvalue weighted by atomic mass is 9.71. The van der Waals surface area contributed by atoms with Gasteiger partial charge < -0.3 is 5.11 Å². The molecule has 2 aliphatic rings. The molecule has 0 bridgehead atoms. The van der Waals surface area contributed by atoms with E-state index >= 15 is 0 Å². The highest BCUT2D eigenvalue weighted by Gasteiger charge is 2.52. The Bertz CT molecular complexity index is 971. The van der Waals surface area contributed by atoms with Crippen molar-refractivity contribution in [2.75, 3.05) is 0 Å². The van der Waals surface area contributed by atoms with Crippen LogP contribution >= 0.6 is 0 Å². The van der Waals surface area contributed by atoms with E-state index in [-0.39, 0.29) is 0 Å². The number of ketones is 2. The van der Waals surface area contributed by atoms with Crippen LogP contribution in [0.3, 0.4) is 0 Å². The summed E-state index contributed by atoms with van der Waals surface area (Å²) < 4.78 is 0. The lowest BCUT2D eigenvalue weighted by Crippen LogP contribution is -2.55. The molecule has 2 fully saturated rings. The van der Waals surface area contributed by atoms with Gasteiger partial charge in [-0.1, -0.05) is 0 Å². The molecule has 1 aliphatic heterocycles. The fourth-order valence-electron chi connectivity index (χ4n) is 2.40. The monoisotopic (exact) mass is 334 g/mol. The number of barbiturate groups is 1. The van der Waals surface area contributed by atoms with Crippen LogP contribution in [0.5, 0.6) is 5.88 Å². The first-order valence-electron chi connectivity index (χ1n) is 6.27. The average molecular weight is 334 g/mol. The van der Waals surface area contributed by atoms with Crippen LogP contribution < -0.4 is 21.9 Å². The van der Waals surface area contributed by atoms with Gasteiger partial charge in [-0.2, -0.15) is 0 Å². The number of hydrogen-bond acceptors (Lipinski definition) is 8. The summed E-state index contributed by atoms with van der Waals surface area (Å²) in [5.74, 6) is -7.39. The van der Waals surface area contributed by atoms with E-state index in [0.29, 0.717) is 0 Å². The minimum atomic E-state index is -1.77. The van der Waals surface area contributed by atoms with Gasteiger partial charge in [0.2, 0.25) is 5.88 Å². The van der Waals surface area contributed by atoms with Gasteiger partial charge in [-0.05, 0) is 0 Å². The highest BCUT2D eigenvalue weighted by molar-refractivity contribution is 6.48. The molecular formula is C12H6N4O8. The van der Waals surface area contributed by atoms with Gasteiger partial charge in [0.05, 0.1) is 11.1 Å². The zero-order chi connectivity index (χ0) is 17.8. The maximum atomic E-state index is 12.2. The van der Waals surface area contributed by atoms with Gasteiger partial charge in [0, 0.05) is 0 Å². The molecule has 4 amide bonds.